The molecule has 0 atom stereocenters. The number of amides is 1. The lowest BCUT2D eigenvalue weighted by atomic mass is 10.0. The van der Waals surface area contributed by atoms with Crippen molar-refractivity contribution in [1.82, 2.24) is 19.8 Å². The standard InChI is InChI=1S/C34H32N6O2/c1-24-31(34(41)38-28-16-18-39(19-17-28)22-25-8-4-2-5-9-25)23-40-33(24)32(26(20-35)21-36-40)37-27-12-14-30(15-13-27)42-29-10-6-3-7-11-29/h2-15,21,23,28,37H,16-19,22H2,1H3,(H,38,41). The van der Waals surface area contributed by atoms with Crippen molar-refractivity contribution in [2.45, 2.75) is 32.4 Å². The predicted molar refractivity (Wildman–Crippen MR) is 163 cm³/mol. The summed E-state index contributed by atoms with van der Waals surface area (Å²) in [7, 11) is 0. The minimum atomic E-state index is -0.119. The molecule has 0 saturated carbocycles. The van der Waals surface area contributed by atoms with Crippen LogP contribution >= 0.6 is 0 Å². The number of aryl methyl sites for hydroxylation is 1. The van der Waals surface area contributed by atoms with E-state index < -0.39 is 0 Å². The summed E-state index contributed by atoms with van der Waals surface area (Å²) < 4.78 is 7.57. The molecule has 1 amide bonds. The number of carbonyl (C=O) groups excluding carboxylic acids is 1. The van der Waals surface area contributed by atoms with Crippen LogP contribution in [0.3, 0.4) is 0 Å². The number of nitrogens with zero attached hydrogens (tertiary/aromatic N) is 4. The zero-order chi connectivity index (χ0) is 28.9. The number of aromatic nitrogens is 2. The molecule has 1 aliphatic heterocycles. The van der Waals surface area contributed by atoms with Crippen molar-refractivity contribution in [3.8, 4) is 17.6 Å². The second-order valence-corrected chi connectivity index (χ2v) is 10.6. The van der Waals surface area contributed by atoms with Crippen LogP contribution in [0, 0.1) is 18.3 Å². The predicted octanol–water partition coefficient (Wildman–Crippen LogP) is 6.44. The van der Waals surface area contributed by atoms with Gasteiger partial charge in [-0.1, -0.05) is 48.5 Å². The number of anilines is 2. The first kappa shape index (κ1) is 27.1. The van der Waals surface area contributed by atoms with Crippen LogP contribution in [0.25, 0.3) is 5.52 Å². The minimum Gasteiger partial charge on any atom is -0.457 e. The summed E-state index contributed by atoms with van der Waals surface area (Å²) in [5.74, 6) is 1.34. The summed E-state index contributed by atoms with van der Waals surface area (Å²) >= 11 is 0. The Kier molecular flexibility index (Phi) is 7.84. The molecule has 0 bridgehead atoms. The molecule has 0 aliphatic carbocycles. The van der Waals surface area contributed by atoms with Crippen LogP contribution in [-0.4, -0.2) is 39.6 Å². The molecule has 210 valence electrons. The summed E-state index contributed by atoms with van der Waals surface area (Å²) in [4.78, 5) is 15.9. The lowest BCUT2D eigenvalue weighted by molar-refractivity contribution is 0.0908. The van der Waals surface area contributed by atoms with Crippen LogP contribution in [0.15, 0.2) is 97.3 Å². The summed E-state index contributed by atoms with van der Waals surface area (Å²) in [6, 6.07) is 29.9. The van der Waals surface area contributed by atoms with Crippen molar-refractivity contribution in [3.05, 3.63) is 120 Å². The Balaban J connectivity index is 1.16. The quantitative estimate of drug-likeness (QED) is 0.228. The summed E-state index contributed by atoms with van der Waals surface area (Å²) in [5, 5.41) is 20.9. The van der Waals surface area contributed by atoms with Crippen LogP contribution in [0.2, 0.25) is 0 Å². The Labute approximate surface area is 245 Å². The smallest absolute Gasteiger partial charge is 0.253 e. The molecule has 8 nitrogen and oxygen atoms in total. The van der Waals surface area contributed by atoms with Crippen molar-refractivity contribution < 1.29 is 9.53 Å². The molecule has 1 fully saturated rings. The average Bonchev–Trinajstić information content (AvgIpc) is 3.37. The second kappa shape index (κ2) is 12.2. The molecule has 2 aromatic heterocycles. The van der Waals surface area contributed by atoms with E-state index in [-0.39, 0.29) is 11.9 Å². The number of ether oxygens (including phenoxy) is 1. The highest BCUT2D eigenvalue weighted by Crippen LogP contribution is 2.31. The third kappa shape index (κ3) is 5.97. The third-order valence-corrected chi connectivity index (χ3v) is 7.70. The van der Waals surface area contributed by atoms with E-state index in [4.69, 9.17) is 4.74 Å². The number of fused-ring (bicyclic) bond motifs is 1. The molecular weight excluding hydrogens is 524 g/mol. The first-order chi connectivity index (χ1) is 20.6. The number of hydrogen-bond acceptors (Lipinski definition) is 6. The summed E-state index contributed by atoms with van der Waals surface area (Å²) in [6.45, 7) is 4.70. The van der Waals surface area contributed by atoms with E-state index in [2.05, 4.69) is 51.0 Å². The highest BCUT2D eigenvalue weighted by molar-refractivity contribution is 6.00. The van der Waals surface area contributed by atoms with E-state index in [1.165, 1.54) is 11.8 Å². The molecule has 42 heavy (non-hydrogen) atoms. The number of carbonyl (C=O) groups is 1. The number of nitrogens with one attached hydrogen (secondary N) is 2. The van der Waals surface area contributed by atoms with Gasteiger partial charge in [-0.3, -0.25) is 9.69 Å². The minimum absolute atomic E-state index is 0.115. The average molecular weight is 557 g/mol. The van der Waals surface area contributed by atoms with Crippen LogP contribution in [0.5, 0.6) is 11.5 Å². The molecular formula is C34H32N6O2. The van der Waals surface area contributed by atoms with Gasteiger partial charge in [0.1, 0.15) is 17.6 Å². The fraction of sp³-hybridized carbons (Fsp3) is 0.206. The van der Waals surface area contributed by atoms with Gasteiger partial charge in [0.15, 0.2) is 0 Å². The monoisotopic (exact) mass is 556 g/mol. The molecule has 1 saturated heterocycles. The van der Waals surface area contributed by atoms with Crippen molar-refractivity contribution in [2.24, 2.45) is 0 Å². The molecule has 1 aliphatic rings. The Morgan fingerprint density at radius 1 is 0.976 bits per heavy atom. The largest absolute Gasteiger partial charge is 0.457 e. The highest BCUT2D eigenvalue weighted by Gasteiger charge is 2.24. The number of para-hydroxylation sites is 1. The molecule has 0 spiro atoms. The first-order valence-corrected chi connectivity index (χ1v) is 14.2. The van der Waals surface area contributed by atoms with Crippen molar-refractivity contribution in [1.29, 1.82) is 5.26 Å². The van der Waals surface area contributed by atoms with E-state index in [1.807, 2.05) is 67.6 Å². The molecule has 3 heterocycles. The zero-order valence-corrected chi connectivity index (χ0v) is 23.5. The third-order valence-electron chi connectivity index (χ3n) is 7.70. The Hall–Kier alpha value is -5.13. The van der Waals surface area contributed by atoms with Gasteiger partial charge in [0.25, 0.3) is 5.91 Å². The molecule has 3 aromatic carbocycles. The summed E-state index contributed by atoms with van der Waals surface area (Å²) in [6.07, 6.45) is 5.07. The van der Waals surface area contributed by atoms with Crippen LogP contribution in [-0.2, 0) is 6.54 Å². The molecule has 0 radical (unpaired) electrons. The van der Waals surface area contributed by atoms with Gasteiger partial charge in [0.2, 0.25) is 0 Å². The number of hydrogen-bond donors (Lipinski definition) is 2. The fourth-order valence-electron chi connectivity index (χ4n) is 5.44. The molecule has 6 rings (SSSR count). The topological polar surface area (TPSA) is 94.7 Å². The van der Waals surface area contributed by atoms with E-state index in [9.17, 15) is 10.1 Å². The number of rotatable bonds is 8. The van der Waals surface area contributed by atoms with Gasteiger partial charge in [-0.15, -0.1) is 0 Å². The number of likely N-dealkylation sites (tertiary alicyclic amines) is 1. The number of benzene rings is 3. The highest BCUT2D eigenvalue weighted by atomic mass is 16.5. The van der Waals surface area contributed by atoms with Crippen LogP contribution in [0.1, 0.15) is 39.9 Å². The molecule has 2 N–H and O–H groups in total. The van der Waals surface area contributed by atoms with Gasteiger partial charge in [-0.05, 0) is 67.3 Å². The van der Waals surface area contributed by atoms with E-state index in [0.717, 1.165) is 49.5 Å². The molecule has 0 unspecified atom stereocenters. The first-order valence-electron chi connectivity index (χ1n) is 14.2. The van der Waals surface area contributed by atoms with Crippen molar-refractivity contribution in [3.63, 3.8) is 0 Å². The van der Waals surface area contributed by atoms with Crippen molar-refractivity contribution >= 4 is 22.8 Å². The van der Waals surface area contributed by atoms with E-state index >= 15 is 0 Å². The van der Waals surface area contributed by atoms with Gasteiger partial charge in [0.05, 0.1) is 28.5 Å². The lowest BCUT2D eigenvalue weighted by Crippen LogP contribution is -2.44. The lowest BCUT2D eigenvalue weighted by Gasteiger charge is -2.32. The Morgan fingerprint density at radius 2 is 1.64 bits per heavy atom. The second-order valence-electron chi connectivity index (χ2n) is 10.6. The van der Waals surface area contributed by atoms with E-state index in [1.54, 1.807) is 10.7 Å². The maximum Gasteiger partial charge on any atom is 0.253 e. The molecule has 8 heteroatoms. The van der Waals surface area contributed by atoms with Gasteiger partial charge in [-0.2, -0.15) is 10.4 Å². The van der Waals surface area contributed by atoms with E-state index in [0.29, 0.717) is 28.1 Å². The van der Waals surface area contributed by atoms with Crippen LogP contribution < -0.4 is 15.4 Å². The van der Waals surface area contributed by atoms with Gasteiger partial charge < -0.3 is 15.4 Å². The van der Waals surface area contributed by atoms with Gasteiger partial charge in [0, 0.05) is 37.6 Å². The normalized spacial score (nSPS) is 13.9. The zero-order valence-electron chi connectivity index (χ0n) is 23.5. The maximum atomic E-state index is 13.4. The SMILES string of the molecule is Cc1c(C(=O)NC2CCN(Cc3ccccc3)CC2)cn2ncc(C#N)c(Nc3ccc(Oc4ccccc4)cc3)c12. The summed E-state index contributed by atoms with van der Waals surface area (Å²) in [5.41, 5.74) is 5.11. The Bertz CT molecular complexity index is 1720. The van der Waals surface area contributed by atoms with Crippen LogP contribution in [0.4, 0.5) is 11.4 Å². The van der Waals surface area contributed by atoms with Gasteiger partial charge in [-0.25, -0.2) is 4.52 Å². The maximum absolute atomic E-state index is 13.4. The van der Waals surface area contributed by atoms with Crippen molar-refractivity contribution in [2.75, 3.05) is 18.4 Å². The molecule has 5 aromatic rings. The Morgan fingerprint density at radius 3 is 2.33 bits per heavy atom. The number of nitriles is 1. The number of piperidine rings is 1. The fourth-order valence-corrected chi connectivity index (χ4v) is 5.44. The van der Waals surface area contributed by atoms with Gasteiger partial charge >= 0.3 is 0 Å².